The Balaban J connectivity index is 1.62. The molecule has 1 aliphatic carbocycles. The molecule has 1 amide bonds. The van der Waals surface area contributed by atoms with Crippen molar-refractivity contribution in [3.05, 3.63) is 52.9 Å². The van der Waals surface area contributed by atoms with Crippen LogP contribution in [-0.2, 0) is 6.42 Å². The lowest BCUT2D eigenvalue weighted by molar-refractivity contribution is 0.0919. The van der Waals surface area contributed by atoms with Crippen LogP contribution in [-0.4, -0.2) is 32.1 Å². The molecule has 0 aliphatic heterocycles. The summed E-state index contributed by atoms with van der Waals surface area (Å²) in [7, 11) is 0. The summed E-state index contributed by atoms with van der Waals surface area (Å²) in [5.74, 6) is 1.28. The predicted molar refractivity (Wildman–Crippen MR) is 108 cm³/mol. The fourth-order valence-corrected chi connectivity index (χ4v) is 3.74. The van der Waals surface area contributed by atoms with Crippen molar-refractivity contribution >= 4 is 12.0 Å². The van der Waals surface area contributed by atoms with Gasteiger partial charge in [-0.2, -0.15) is 5.10 Å². The molecule has 2 heterocycles. The lowest BCUT2D eigenvalue weighted by Crippen LogP contribution is -2.38. The molecular formula is C21H29N5O. The number of allylic oxidation sites excluding steroid dienone is 3. The van der Waals surface area contributed by atoms with E-state index >= 15 is 0 Å². The first kappa shape index (κ1) is 19.1. The van der Waals surface area contributed by atoms with Crippen molar-refractivity contribution < 1.29 is 4.79 Å². The van der Waals surface area contributed by atoms with E-state index in [0.717, 1.165) is 54.9 Å². The summed E-state index contributed by atoms with van der Waals surface area (Å²) in [6.45, 7) is 6.00. The van der Waals surface area contributed by atoms with Gasteiger partial charge in [0.25, 0.3) is 5.91 Å². The van der Waals surface area contributed by atoms with Gasteiger partial charge in [-0.15, -0.1) is 0 Å². The van der Waals surface area contributed by atoms with Crippen molar-refractivity contribution in [1.82, 2.24) is 25.5 Å². The van der Waals surface area contributed by atoms with Crippen molar-refractivity contribution in [2.45, 2.75) is 64.8 Å². The van der Waals surface area contributed by atoms with Gasteiger partial charge in [0.1, 0.15) is 5.82 Å². The van der Waals surface area contributed by atoms with E-state index in [9.17, 15) is 4.79 Å². The molecule has 2 aromatic heterocycles. The average molecular weight is 367 g/mol. The van der Waals surface area contributed by atoms with E-state index in [-0.39, 0.29) is 11.9 Å². The van der Waals surface area contributed by atoms with E-state index in [0.29, 0.717) is 11.6 Å². The quantitative estimate of drug-likeness (QED) is 0.673. The molecule has 2 aromatic rings. The fourth-order valence-electron chi connectivity index (χ4n) is 3.74. The zero-order valence-electron chi connectivity index (χ0n) is 16.4. The number of carbonyl (C=O) groups is 1. The van der Waals surface area contributed by atoms with Crippen molar-refractivity contribution in [2.75, 3.05) is 0 Å². The molecule has 0 aromatic carbocycles. The monoisotopic (exact) mass is 367 g/mol. The first-order valence-electron chi connectivity index (χ1n) is 9.81. The fraction of sp³-hybridized carbons (Fsp3) is 0.476. The topological polar surface area (TPSA) is 86.5 Å². The number of H-pyrrole nitrogens is 2. The number of imidazole rings is 1. The number of amides is 1. The van der Waals surface area contributed by atoms with Crippen LogP contribution in [0.3, 0.4) is 0 Å². The summed E-state index contributed by atoms with van der Waals surface area (Å²) in [6, 6.07) is 0.157. The number of carbonyl (C=O) groups excluding carboxylic acids is 1. The highest BCUT2D eigenvalue weighted by molar-refractivity contribution is 5.94. The molecular weight excluding hydrogens is 338 g/mol. The first-order valence-corrected chi connectivity index (χ1v) is 9.81. The van der Waals surface area contributed by atoms with Gasteiger partial charge in [0.2, 0.25) is 0 Å². The van der Waals surface area contributed by atoms with E-state index < -0.39 is 0 Å². The van der Waals surface area contributed by atoms with Gasteiger partial charge in [-0.3, -0.25) is 9.89 Å². The van der Waals surface area contributed by atoms with Crippen LogP contribution in [0.2, 0.25) is 0 Å². The van der Waals surface area contributed by atoms with Gasteiger partial charge in [0, 0.05) is 23.2 Å². The molecule has 2 atom stereocenters. The van der Waals surface area contributed by atoms with Crippen LogP contribution in [0.1, 0.15) is 78.7 Å². The summed E-state index contributed by atoms with van der Waals surface area (Å²) in [4.78, 5) is 20.6. The Morgan fingerprint density at radius 1 is 1.37 bits per heavy atom. The molecule has 2 unspecified atom stereocenters. The highest BCUT2D eigenvalue weighted by Crippen LogP contribution is 2.31. The standard InChI is InChI=1S/C21H29N5O/c1-4-6-7-10-17-13-22-20(23-17)15-9-8-11-16(12-15)24-21(27)19-14(3)18(5-2)25-26-19/h4,6-7,10,13,15-16H,5,8-9,11-12H2,1-3H3,(H,22,23)(H,24,27)(H,25,26)/b6-4-,10-7-. The molecule has 1 fully saturated rings. The molecule has 3 N–H and O–H groups in total. The van der Waals surface area contributed by atoms with Crippen LogP contribution in [0.4, 0.5) is 0 Å². The van der Waals surface area contributed by atoms with Crippen molar-refractivity contribution in [3.63, 3.8) is 0 Å². The molecule has 1 saturated carbocycles. The summed E-state index contributed by atoms with van der Waals surface area (Å²) < 4.78 is 0. The number of aromatic amines is 2. The van der Waals surface area contributed by atoms with Crippen LogP contribution in [0.25, 0.3) is 6.08 Å². The Morgan fingerprint density at radius 3 is 2.96 bits per heavy atom. The first-order chi connectivity index (χ1) is 13.1. The van der Waals surface area contributed by atoms with Gasteiger partial charge < -0.3 is 10.3 Å². The number of hydrogen-bond acceptors (Lipinski definition) is 3. The molecule has 6 heteroatoms. The number of nitrogens with one attached hydrogen (secondary N) is 3. The summed E-state index contributed by atoms with van der Waals surface area (Å²) >= 11 is 0. The molecule has 27 heavy (non-hydrogen) atoms. The van der Waals surface area contributed by atoms with E-state index in [1.54, 1.807) is 0 Å². The van der Waals surface area contributed by atoms with E-state index in [1.165, 1.54) is 0 Å². The smallest absolute Gasteiger partial charge is 0.272 e. The number of aryl methyl sites for hydroxylation is 1. The zero-order chi connectivity index (χ0) is 19.2. The molecule has 0 saturated heterocycles. The second-order valence-electron chi connectivity index (χ2n) is 7.17. The third-order valence-corrected chi connectivity index (χ3v) is 5.27. The largest absolute Gasteiger partial charge is 0.348 e. The SMILES string of the molecule is C/C=C\C=C/c1cnc(C2CCCC(NC(=O)c3n[nH]c(CC)c3C)C2)[nH]1. The van der Waals surface area contributed by atoms with Gasteiger partial charge in [0.05, 0.1) is 11.9 Å². The minimum Gasteiger partial charge on any atom is -0.348 e. The second kappa shape index (κ2) is 8.84. The highest BCUT2D eigenvalue weighted by Gasteiger charge is 2.27. The minimum atomic E-state index is -0.0801. The van der Waals surface area contributed by atoms with Crippen LogP contribution >= 0.6 is 0 Å². The minimum absolute atomic E-state index is 0.0801. The maximum Gasteiger partial charge on any atom is 0.272 e. The number of rotatable bonds is 6. The third kappa shape index (κ3) is 4.56. The molecule has 0 bridgehead atoms. The van der Waals surface area contributed by atoms with Crippen LogP contribution in [0, 0.1) is 6.92 Å². The highest BCUT2D eigenvalue weighted by atomic mass is 16.2. The normalized spacial score (nSPS) is 20.6. The number of aromatic nitrogens is 4. The average Bonchev–Trinajstić information content (AvgIpc) is 3.29. The van der Waals surface area contributed by atoms with Crippen molar-refractivity contribution in [2.24, 2.45) is 0 Å². The second-order valence-corrected chi connectivity index (χ2v) is 7.17. The molecule has 6 nitrogen and oxygen atoms in total. The number of hydrogen-bond donors (Lipinski definition) is 3. The lowest BCUT2D eigenvalue weighted by Gasteiger charge is -2.28. The Labute approximate surface area is 160 Å². The van der Waals surface area contributed by atoms with E-state index in [4.69, 9.17) is 0 Å². The Hall–Kier alpha value is -2.63. The van der Waals surface area contributed by atoms with Crippen molar-refractivity contribution in [3.8, 4) is 0 Å². The van der Waals surface area contributed by atoms with Crippen LogP contribution in [0.5, 0.6) is 0 Å². The number of nitrogens with zero attached hydrogens (tertiary/aromatic N) is 2. The maximum atomic E-state index is 12.6. The van der Waals surface area contributed by atoms with E-state index in [2.05, 4.69) is 32.4 Å². The molecule has 0 spiro atoms. The molecule has 144 valence electrons. The van der Waals surface area contributed by atoms with Gasteiger partial charge in [0.15, 0.2) is 5.69 Å². The molecule has 1 aliphatic rings. The summed E-state index contributed by atoms with van der Waals surface area (Å²) in [5.41, 5.74) is 3.50. The lowest BCUT2D eigenvalue weighted by atomic mass is 9.85. The Bertz CT molecular complexity index is 829. The molecule has 0 radical (unpaired) electrons. The Kier molecular flexibility index (Phi) is 6.27. The van der Waals surface area contributed by atoms with Crippen LogP contribution < -0.4 is 5.32 Å². The van der Waals surface area contributed by atoms with Crippen molar-refractivity contribution in [1.29, 1.82) is 0 Å². The maximum absolute atomic E-state index is 12.6. The summed E-state index contributed by atoms with van der Waals surface area (Å²) in [6.07, 6.45) is 14.8. The third-order valence-electron chi connectivity index (χ3n) is 5.27. The Morgan fingerprint density at radius 2 is 2.22 bits per heavy atom. The van der Waals surface area contributed by atoms with Gasteiger partial charge in [-0.05, 0) is 45.6 Å². The van der Waals surface area contributed by atoms with Gasteiger partial charge >= 0.3 is 0 Å². The van der Waals surface area contributed by atoms with Crippen LogP contribution in [0.15, 0.2) is 24.4 Å². The van der Waals surface area contributed by atoms with Gasteiger partial charge in [-0.1, -0.05) is 31.6 Å². The summed E-state index contributed by atoms with van der Waals surface area (Å²) in [5, 5.41) is 10.3. The molecule has 3 rings (SSSR count). The van der Waals surface area contributed by atoms with Gasteiger partial charge in [-0.25, -0.2) is 4.98 Å². The predicted octanol–water partition coefficient (Wildman–Crippen LogP) is 4.05. The zero-order valence-corrected chi connectivity index (χ0v) is 16.4. The van der Waals surface area contributed by atoms with E-state index in [1.807, 2.05) is 44.3 Å².